The fourth-order valence-electron chi connectivity index (χ4n) is 15.9. The summed E-state index contributed by atoms with van der Waals surface area (Å²) in [5, 5.41) is 37.4. The first-order valence-corrected chi connectivity index (χ1v) is 42.3. The van der Waals surface area contributed by atoms with Crippen molar-refractivity contribution in [2.75, 3.05) is 26.6 Å². The van der Waals surface area contributed by atoms with Crippen LogP contribution in [0.5, 0.6) is 0 Å². The molecule has 5 N–H and O–H groups in total. The maximum absolute atomic E-state index is 12.9. The van der Waals surface area contributed by atoms with Gasteiger partial charge in [-0.25, -0.2) is 4.39 Å². The Labute approximate surface area is 703 Å². The van der Waals surface area contributed by atoms with Crippen molar-refractivity contribution in [2.45, 2.75) is 6.92 Å². The van der Waals surface area contributed by atoms with Crippen molar-refractivity contribution < 1.29 is 13.2 Å². The molecule has 0 saturated carbocycles. The van der Waals surface area contributed by atoms with E-state index in [-0.39, 0.29) is 5.82 Å². The summed E-state index contributed by atoms with van der Waals surface area (Å²) < 4.78 is 32.8. The number of benzene rings is 18. The van der Waals surface area contributed by atoms with E-state index in [9.17, 15) is 4.39 Å². The molecule has 0 unspecified atom stereocenters. The van der Waals surface area contributed by atoms with E-state index in [1.807, 2.05) is 126 Å². The molecule has 0 amide bonds. The predicted octanol–water partition coefficient (Wildman–Crippen LogP) is 33.0. The number of rotatable bonds is 11. The average Bonchev–Trinajstić information content (AvgIpc) is 1.64. The average molecular weight is 1600 g/mol. The minimum Gasteiger partial charge on any atom is -0.456 e. The molecule has 0 bridgehead atoms. The lowest BCUT2D eigenvalue weighted by atomic mass is 10.00. The normalized spacial score (nSPS) is 11.2. The van der Waals surface area contributed by atoms with Crippen molar-refractivity contribution in [2.24, 2.45) is 0 Å². The quantitative estimate of drug-likeness (QED) is 0.0817. The van der Waals surface area contributed by atoms with Gasteiger partial charge >= 0.3 is 0 Å². The van der Waals surface area contributed by atoms with Crippen LogP contribution in [0.3, 0.4) is 0 Å². The molecule has 0 saturated heterocycles. The van der Waals surface area contributed by atoms with Gasteiger partial charge in [0, 0.05) is 168 Å². The zero-order valence-corrected chi connectivity index (χ0v) is 67.5. The number of aryl methyl sites for hydroxylation is 1. The summed E-state index contributed by atoms with van der Waals surface area (Å²) in [5.41, 5.74) is 17.6. The van der Waals surface area contributed by atoms with Crippen molar-refractivity contribution in [3.05, 3.63) is 418 Å². The van der Waals surface area contributed by atoms with E-state index in [0.29, 0.717) is 0 Å². The van der Waals surface area contributed by atoms with Gasteiger partial charge in [0.05, 0.1) is 0 Å². The van der Waals surface area contributed by atoms with Gasteiger partial charge in [-0.3, -0.25) is 4.98 Å². The number of furan rings is 2. The van der Waals surface area contributed by atoms with Crippen LogP contribution in [0.15, 0.2) is 416 Å². The number of hydrogen-bond acceptors (Lipinski definition) is 11. The monoisotopic (exact) mass is 1600 g/mol. The molecule has 12 heteroatoms. The summed E-state index contributed by atoms with van der Waals surface area (Å²) >= 11 is 5.55. The van der Waals surface area contributed by atoms with Gasteiger partial charge in [0.2, 0.25) is 0 Å². The van der Waals surface area contributed by atoms with Gasteiger partial charge in [-0.2, -0.15) is 0 Å². The van der Waals surface area contributed by atoms with Gasteiger partial charge in [0.1, 0.15) is 28.1 Å². The molecular weight excluding hydrogens is 1530 g/mol. The summed E-state index contributed by atoms with van der Waals surface area (Å²) in [4.78, 5) is 4.19. The number of nitrogens with one attached hydrogen (secondary N) is 5. The lowest BCUT2D eigenvalue weighted by molar-refractivity contribution is 0.628. The fourth-order valence-corrected chi connectivity index (χ4v) is 19.2. The Balaban J connectivity index is 0.0000000970. The molecule has 18 aromatic carbocycles. The van der Waals surface area contributed by atoms with E-state index in [1.165, 1.54) is 116 Å². The van der Waals surface area contributed by atoms with Gasteiger partial charge in [-0.15, -0.1) is 34.0 Å². The topological polar surface area (TPSA) is 99.3 Å². The standard InChI is InChI=1S/C26H17NO.C24H15NS2.C23H16N2S.C22H15NO.C13H12FN/c1-2-8-19-17(7-1)15-24(21-10-4-3-9-20(19)21)27-18-13-14-26-23(16-18)22-11-5-6-12-25(22)28-26;1-3-7-21-17(5-1)19-11-9-16(14-24(19)27-21)25-15-10-12-23-20(13-15)18-6-2-4-8-22(18)26-23;1-2-6-22-20(5-1)21-14-19(11-12-23(21)26-22)25-18-9-7-16(8-10-18)17-4-3-13-24-15-17;1-2-8-17-15(6-1)7-5-10-20(17)23-16-12-13-19-18-9-3-4-11-21(18)24-22(19)14-16;1-10-4-2-6-12(8-10)15-13-7-3-5-11(14)9-13/h1-16,27H;1-14,25H;1-15,25H;1-14,23H;2-9,15H,1H3. The first kappa shape index (κ1) is 73.9. The van der Waals surface area contributed by atoms with Crippen LogP contribution in [0.25, 0.3) is 148 Å². The summed E-state index contributed by atoms with van der Waals surface area (Å²) in [7, 11) is 0. The van der Waals surface area contributed by atoms with E-state index in [2.05, 4.69) is 329 Å². The van der Waals surface area contributed by atoms with Gasteiger partial charge < -0.3 is 35.4 Å². The van der Waals surface area contributed by atoms with Crippen LogP contribution in [-0.4, -0.2) is 4.98 Å². The second kappa shape index (κ2) is 33.0. The highest BCUT2D eigenvalue weighted by atomic mass is 32.1. The Morgan fingerprint density at radius 1 is 0.233 bits per heavy atom. The number of pyridine rings is 1. The first-order valence-electron chi connectivity index (χ1n) is 39.8. The number of hydrogen-bond donors (Lipinski definition) is 5. The second-order valence-electron chi connectivity index (χ2n) is 29.6. The highest BCUT2D eigenvalue weighted by molar-refractivity contribution is 7.26. The molecule has 0 aliphatic rings. The van der Waals surface area contributed by atoms with Crippen LogP contribution < -0.4 is 26.6 Å². The minimum atomic E-state index is -0.229. The molecule has 0 aliphatic heterocycles. The van der Waals surface area contributed by atoms with Crippen molar-refractivity contribution in [1.82, 2.24) is 4.98 Å². The van der Waals surface area contributed by atoms with Crippen molar-refractivity contribution in [1.29, 1.82) is 0 Å². The number of anilines is 10. The predicted molar refractivity (Wildman–Crippen MR) is 515 cm³/mol. The summed E-state index contributed by atoms with van der Waals surface area (Å²) in [6.45, 7) is 2.02. The summed E-state index contributed by atoms with van der Waals surface area (Å²) in [5.74, 6) is -0.229. The summed E-state index contributed by atoms with van der Waals surface area (Å²) in [6.07, 6.45) is 3.68. The van der Waals surface area contributed by atoms with Gasteiger partial charge in [-0.1, -0.05) is 218 Å². The lowest BCUT2D eigenvalue weighted by Crippen LogP contribution is -1.92. The molecule has 8 nitrogen and oxygen atoms in total. The molecule has 6 aromatic heterocycles. The minimum absolute atomic E-state index is 0.229. The third kappa shape index (κ3) is 15.6. The molecule has 120 heavy (non-hydrogen) atoms. The third-order valence-corrected chi connectivity index (χ3v) is 25.0. The van der Waals surface area contributed by atoms with Crippen molar-refractivity contribution in [3.8, 4) is 11.1 Å². The smallest absolute Gasteiger partial charge is 0.137 e. The molecule has 0 radical (unpaired) electrons. The number of halogens is 1. The van der Waals surface area contributed by atoms with Crippen LogP contribution in [0.1, 0.15) is 5.56 Å². The van der Waals surface area contributed by atoms with Crippen molar-refractivity contribution >= 4 is 228 Å². The Morgan fingerprint density at radius 3 is 1.33 bits per heavy atom. The molecule has 6 heterocycles. The first-order chi connectivity index (χ1) is 59.2. The Kier molecular flexibility index (Phi) is 20.3. The maximum Gasteiger partial charge on any atom is 0.137 e. The number of nitrogens with zero attached hydrogens (tertiary/aromatic N) is 1. The van der Waals surface area contributed by atoms with Crippen LogP contribution in [0, 0.1) is 12.7 Å². The lowest BCUT2D eigenvalue weighted by Gasteiger charge is -2.13. The number of fused-ring (bicyclic) bond motifs is 19. The van der Waals surface area contributed by atoms with E-state index < -0.39 is 0 Å². The van der Waals surface area contributed by atoms with Crippen LogP contribution in [0.2, 0.25) is 0 Å². The molecule has 0 atom stereocenters. The van der Waals surface area contributed by atoms with Gasteiger partial charge in [0.25, 0.3) is 0 Å². The third-order valence-electron chi connectivity index (χ3n) is 21.6. The number of para-hydroxylation sites is 2. The van der Waals surface area contributed by atoms with E-state index in [0.717, 1.165) is 106 Å². The van der Waals surface area contributed by atoms with E-state index in [4.69, 9.17) is 8.83 Å². The molecule has 24 rings (SSSR count). The van der Waals surface area contributed by atoms with Crippen LogP contribution in [0.4, 0.5) is 61.3 Å². The Morgan fingerprint density at radius 2 is 0.667 bits per heavy atom. The highest BCUT2D eigenvalue weighted by Crippen LogP contribution is 2.42. The second-order valence-corrected chi connectivity index (χ2v) is 32.8. The zero-order chi connectivity index (χ0) is 80.2. The number of aromatic nitrogens is 1. The Bertz CT molecular complexity index is 7860. The van der Waals surface area contributed by atoms with Crippen molar-refractivity contribution in [3.63, 3.8) is 0 Å². The summed E-state index contributed by atoms with van der Waals surface area (Å²) in [6, 6.07) is 136. The van der Waals surface area contributed by atoms with Crippen LogP contribution >= 0.6 is 34.0 Å². The molecule has 0 aliphatic carbocycles. The molecule has 574 valence electrons. The molecule has 0 fully saturated rings. The van der Waals surface area contributed by atoms with Gasteiger partial charge in [-0.05, 0) is 215 Å². The van der Waals surface area contributed by atoms with E-state index >= 15 is 0 Å². The molecule has 0 spiro atoms. The fraction of sp³-hybridized carbons (Fsp3) is 0.00926. The largest absolute Gasteiger partial charge is 0.456 e. The zero-order valence-electron chi connectivity index (χ0n) is 65.0. The highest BCUT2D eigenvalue weighted by Gasteiger charge is 2.15. The molecular formula is C108H75FN6O2S3. The Hall–Kier alpha value is -14.9. The maximum atomic E-state index is 12.9. The SMILES string of the molecule is Cc1cccc(Nc2cccc(F)c2)c1.c1ccc2c(Nc3ccc4c(c3)oc3ccccc34)cccc2c1.c1ccc2c(c1)cc(Nc1ccc3oc4ccccc4c3c1)c1ccccc12.c1ccc2c(c1)sc1cc(Nc3ccc4sc5ccccc5c4c3)ccc12.c1cncc(-c2ccc(Nc3ccc4sc5ccccc5c4c3)cc2)c1. The van der Waals surface area contributed by atoms with Gasteiger partial charge in [0.15, 0.2) is 0 Å². The molecule has 24 aromatic rings. The van der Waals surface area contributed by atoms with E-state index in [1.54, 1.807) is 12.3 Å². The van der Waals surface area contributed by atoms with Crippen LogP contribution in [-0.2, 0) is 0 Å². The number of thiophene rings is 3.